The summed E-state index contributed by atoms with van der Waals surface area (Å²) in [6.45, 7) is 5.12. The van der Waals surface area contributed by atoms with E-state index < -0.39 is 0 Å². The number of benzene rings is 1. The Morgan fingerprint density at radius 2 is 2.11 bits per heavy atom. The molecule has 2 rings (SSSR count). The monoisotopic (exact) mass is 249 g/mol. The van der Waals surface area contributed by atoms with Crippen LogP contribution in [0.1, 0.15) is 25.0 Å². The summed E-state index contributed by atoms with van der Waals surface area (Å²) in [6, 6.07) is 3.57. The van der Waals surface area contributed by atoms with Gasteiger partial charge in [-0.05, 0) is 29.7 Å². The number of hydrogen-bond donors (Lipinski definition) is 1. The summed E-state index contributed by atoms with van der Waals surface area (Å²) in [4.78, 5) is 13.8. The lowest BCUT2D eigenvalue weighted by atomic mass is 9.98. The van der Waals surface area contributed by atoms with Crippen molar-refractivity contribution in [3.8, 4) is 11.5 Å². The maximum absolute atomic E-state index is 12.0. The minimum Gasteiger partial charge on any atom is -0.504 e. The average molecular weight is 249 g/mol. The smallest absolute Gasteiger partial charge is 0.225 e. The Hall–Kier alpha value is -1.71. The Labute approximate surface area is 107 Å². The minimum absolute atomic E-state index is 0.0124. The van der Waals surface area contributed by atoms with E-state index in [4.69, 9.17) is 4.74 Å². The SMILES string of the molecule is COc1cc2c(cc1O)CN(C(=O)C(C)C)CC2. The third-order valence-corrected chi connectivity index (χ3v) is 3.32. The molecule has 1 aliphatic heterocycles. The molecule has 18 heavy (non-hydrogen) atoms. The molecule has 4 nitrogen and oxygen atoms in total. The van der Waals surface area contributed by atoms with Crippen molar-refractivity contribution in [2.24, 2.45) is 5.92 Å². The van der Waals surface area contributed by atoms with Crippen LogP contribution in [0.4, 0.5) is 0 Å². The number of rotatable bonds is 2. The van der Waals surface area contributed by atoms with Crippen LogP contribution in [-0.4, -0.2) is 29.6 Å². The zero-order valence-corrected chi connectivity index (χ0v) is 11.1. The molecule has 0 saturated heterocycles. The largest absolute Gasteiger partial charge is 0.504 e. The lowest BCUT2D eigenvalue weighted by Gasteiger charge is -2.30. The molecule has 0 unspecified atom stereocenters. The van der Waals surface area contributed by atoms with Crippen molar-refractivity contribution in [2.75, 3.05) is 13.7 Å². The lowest BCUT2D eigenvalue weighted by Crippen LogP contribution is -2.38. The van der Waals surface area contributed by atoms with Crippen molar-refractivity contribution in [1.29, 1.82) is 0 Å². The van der Waals surface area contributed by atoms with E-state index in [1.807, 2.05) is 24.8 Å². The normalized spacial score (nSPS) is 14.6. The molecule has 0 fully saturated rings. The second kappa shape index (κ2) is 4.88. The van der Waals surface area contributed by atoms with E-state index in [-0.39, 0.29) is 17.6 Å². The molecule has 0 spiro atoms. The molecule has 0 saturated carbocycles. The van der Waals surface area contributed by atoms with E-state index in [0.29, 0.717) is 12.3 Å². The average Bonchev–Trinajstić information content (AvgIpc) is 2.36. The van der Waals surface area contributed by atoms with Gasteiger partial charge in [0.15, 0.2) is 11.5 Å². The number of ether oxygens (including phenoxy) is 1. The predicted molar refractivity (Wildman–Crippen MR) is 68.6 cm³/mol. The van der Waals surface area contributed by atoms with Gasteiger partial charge < -0.3 is 14.7 Å². The summed E-state index contributed by atoms with van der Waals surface area (Å²) in [6.07, 6.45) is 0.810. The van der Waals surface area contributed by atoms with Gasteiger partial charge in [0.2, 0.25) is 5.91 Å². The van der Waals surface area contributed by atoms with Gasteiger partial charge in [-0.15, -0.1) is 0 Å². The molecule has 1 aliphatic rings. The van der Waals surface area contributed by atoms with Crippen LogP contribution in [0.2, 0.25) is 0 Å². The van der Waals surface area contributed by atoms with Crippen LogP contribution in [-0.2, 0) is 17.8 Å². The summed E-state index contributed by atoms with van der Waals surface area (Å²) >= 11 is 0. The van der Waals surface area contributed by atoms with Crippen molar-refractivity contribution in [3.05, 3.63) is 23.3 Å². The number of nitrogens with zero attached hydrogens (tertiary/aromatic N) is 1. The highest BCUT2D eigenvalue weighted by Crippen LogP contribution is 2.32. The van der Waals surface area contributed by atoms with Crippen molar-refractivity contribution in [2.45, 2.75) is 26.8 Å². The van der Waals surface area contributed by atoms with Gasteiger partial charge in [-0.1, -0.05) is 13.8 Å². The Bertz CT molecular complexity index is 468. The first kappa shape index (κ1) is 12.7. The van der Waals surface area contributed by atoms with E-state index in [1.165, 1.54) is 0 Å². The number of hydrogen-bond acceptors (Lipinski definition) is 3. The molecule has 0 bridgehead atoms. The van der Waals surface area contributed by atoms with Gasteiger partial charge in [0, 0.05) is 19.0 Å². The molecule has 1 aromatic rings. The number of aromatic hydroxyl groups is 1. The van der Waals surface area contributed by atoms with E-state index in [0.717, 1.165) is 24.1 Å². The molecule has 0 aromatic heterocycles. The summed E-state index contributed by atoms with van der Waals surface area (Å²) in [5.74, 6) is 0.807. The number of carbonyl (C=O) groups excluding carboxylic acids is 1. The van der Waals surface area contributed by atoms with Gasteiger partial charge in [-0.25, -0.2) is 0 Å². The highest BCUT2D eigenvalue weighted by Gasteiger charge is 2.23. The lowest BCUT2D eigenvalue weighted by molar-refractivity contribution is -0.135. The molecule has 1 aromatic carbocycles. The van der Waals surface area contributed by atoms with Crippen molar-refractivity contribution in [1.82, 2.24) is 4.90 Å². The van der Waals surface area contributed by atoms with Gasteiger partial charge in [0.05, 0.1) is 7.11 Å². The van der Waals surface area contributed by atoms with Crippen LogP contribution in [0.15, 0.2) is 12.1 Å². The van der Waals surface area contributed by atoms with Gasteiger partial charge in [-0.2, -0.15) is 0 Å². The van der Waals surface area contributed by atoms with Crippen LogP contribution >= 0.6 is 0 Å². The molecule has 1 amide bonds. The predicted octanol–water partition coefficient (Wildman–Crippen LogP) is 1.94. The summed E-state index contributed by atoms with van der Waals surface area (Å²) in [5, 5.41) is 9.77. The molecule has 0 atom stereocenters. The number of phenolic OH excluding ortho intramolecular Hbond substituents is 1. The van der Waals surface area contributed by atoms with E-state index in [2.05, 4.69) is 0 Å². The molecule has 0 aliphatic carbocycles. The second-order valence-corrected chi connectivity index (χ2v) is 4.96. The van der Waals surface area contributed by atoms with Gasteiger partial charge in [0.25, 0.3) is 0 Å². The Morgan fingerprint density at radius 3 is 2.72 bits per heavy atom. The van der Waals surface area contributed by atoms with Crippen molar-refractivity contribution in [3.63, 3.8) is 0 Å². The van der Waals surface area contributed by atoms with Crippen LogP contribution in [0.25, 0.3) is 0 Å². The number of carbonyl (C=O) groups is 1. The standard InChI is InChI=1S/C14H19NO3/c1-9(2)14(17)15-5-4-10-7-13(18-3)12(16)6-11(10)8-15/h6-7,9,16H,4-5,8H2,1-3H3. The van der Waals surface area contributed by atoms with Crippen molar-refractivity contribution < 1.29 is 14.6 Å². The summed E-state index contributed by atoms with van der Waals surface area (Å²) in [7, 11) is 1.54. The first-order valence-corrected chi connectivity index (χ1v) is 6.20. The van der Waals surface area contributed by atoms with Crippen LogP contribution in [0.5, 0.6) is 11.5 Å². The third-order valence-electron chi connectivity index (χ3n) is 3.32. The van der Waals surface area contributed by atoms with Gasteiger partial charge in [-0.3, -0.25) is 4.79 Å². The van der Waals surface area contributed by atoms with E-state index in [1.54, 1.807) is 13.2 Å². The molecule has 1 N–H and O–H groups in total. The molecular formula is C14H19NO3. The Kier molecular flexibility index (Phi) is 3.45. The van der Waals surface area contributed by atoms with Crippen molar-refractivity contribution >= 4 is 5.91 Å². The van der Waals surface area contributed by atoms with Crippen LogP contribution in [0.3, 0.4) is 0 Å². The van der Waals surface area contributed by atoms with Crippen LogP contribution < -0.4 is 4.74 Å². The minimum atomic E-state index is 0.0124. The first-order chi connectivity index (χ1) is 8.52. The number of amides is 1. The zero-order chi connectivity index (χ0) is 13.3. The molecule has 4 heteroatoms. The summed E-state index contributed by atoms with van der Waals surface area (Å²) in [5.41, 5.74) is 2.16. The number of fused-ring (bicyclic) bond motifs is 1. The molecule has 1 heterocycles. The fourth-order valence-corrected chi connectivity index (χ4v) is 2.29. The molecular weight excluding hydrogens is 230 g/mol. The molecule has 98 valence electrons. The van der Waals surface area contributed by atoms with E-state index in [9.17, 15) is 9.90 Å². The van der Waals surface area contributed by atoms with Gasteiger partial charge in [0.1, 0.15) is 0 Å². The van der Waals surface area contributed by atoms with Crippen LogP contribution in [0, 0.1) is 5.92 Å². The number of methoxy groups -OCH3 is 1. The van der Waals surface area contributed by atoms with Gasteiger partial charge >= 0.3 is 0 Å². The quantitative estimate of drug-likeness (QED) is 0.871. The topological polar surface area (TPSA) is 49.8 Å². The fourth-order valence-electron chi connectivity index (χ4n) is 2.29. The summed E-state index contributed by atoms with van der Waals surface area (Å²) < 4.78 is 5.09. The fraction of sp³-hybridized carbons (Fsp3) is 0.500. The second-order valence-electron chi connectivity index (χ2n) is 4.96. The maximum atomic E-state index is 12.0. The maximum Gasteiger partial charge on any atom is 0.225 e. The highest BCUT2D eigenvalue weighted by atomic mass is 16.5. The third kappa shape index (κ3) is 2.28. The zero-order valence-electron chi connectivity index (χ0n) is 11.1. The highest BCUT2D eigenvalue weighted by molar-refractivity contribution is 5.78. The van der Waals surface area contributed by atoms with E-state index >= 15 is 0 Å². The Morgan fingerprint density at radius 1 is 1.39 bits per heavy atom. The molecule has 0 radical (unpaired) electrons. The number of phenols is 1. The first-order valence-electron chi connectivity index (χ1n) is 6.20. The Balaban J connectivity index is 2.25.